The van der Waals surface area contributed by atoms with Crippen LogP contribution in [0.15, 0.2) is 54.6 Å². The Morgan fingerprint density at radius 3 is 2.77 bits per heavy atom. The summed E-state index contributed by atoms with van der Waals surface area (Å²) in [6.45, 7) is -0.222. The van der Waals surface area contributed by atoms with Crippen LogP contribution in [0.1, 0.15) is 28.4 Å². The summed E-state index contributed by atoms with van der Waals surface area (Å²) in [6.07, 6.45) is -3.13. The van der Waals surface area contributed by atoms with Gasteiger partial charge in [0.2, 0.25) is 0 Å². The van der Waals surface area contributed by atoms with E-state index in [1.165, 1.54) is 7.11 Å². The van der Waals surface area contributed by atoms with Gasteiger partial charge in [-0.25, -0.2) is 9.78 Å². The number of pyridine rings is 1. The largest absolute Gasteiger partial charge is 0.465 e. The van der Waals surface area contributed by atoms with Gasteiger partial charge in [-0.1, -0.05) is 24.3 Å². The summed E-state index contributed by atoms with van der Waals surface area (Å²) in [5.74, 6) is -0.400. The van der Waals surface area contributed by atoms with Gasteiger partial charge in [-0.3, -0.25) is 0 Å². The molecular formula is C23H23NO6. The number of rotatable bonds is 4. The molecule has 2 aromatic carbocycles. The van der Waals surface area contributed by atoms with Gasteiger partial charge >= 0.3 is 5.97 Å². The zero-order chi connectivity index (χ0) is 21.3. The van der Waals surface area contributed by atoms with E-state index in [-0.39, 0.29) is 13.0 Å². The molecule has 0 spiro atoms. The van der Waals surface area contributed by atoms with Crippen LogP contribution in [0, 0.1) is 0 Å². The molecule has 3 N–H and O–H groups in total. The van der Waals surface area contributed by atoms with Crippen molar-refractivity contribution in [2.75, 3.05) is 13.7 Å². The van der Waals surface area contributed by atoms with E-state index in [4.69, 9.17) is 9.47 Å². The summed E-state index contributed by atoms with van der Waals surface area (Å²) in [6, 6.07) is 16.3. The number of benzene rings is 2. The quantitative estimate of drug-likeness (QED) is 0.567. The van der Waals surface area contributed by atoms with Crippen LogP contribution in [0.4, 0.5) is 0 Å². The first-order valence-corrected chi connectivity index (χ1v) is 9.72. The van der Waals surface area contributed by atoms with Gasteiger partial charge in [-0.05, 0) is 35.9 Å². The maximum absolute atomic E-state index is 11.7. The van der Waals surface area contributed by atoms with E-state index in [0.29, 0.717) is 11.1 Å². The first-order valence-electron chi connectivity index (χ1n) is 9.72. The molecule has 0 amide bonds. The number of methoxy groups -OCH3 is 1. The molecule has 30 heavy (non-hydrogen) atoms. The van der Waals surface area contributed by atoms with Gasteiger partial charge in [0.1, 0.15) is 12.2 Å². The summed E-state index contributed by atoms with van der Waals surface area (Å²) < 4.78 is 10.5. The summed E-state index contributed by atoms with van der Waals surface area (Å²) >= 11 is 0. The third-order valence-corrected chi connectivity index (χ3v) is 5.37. The van der Waals surface area contributed by atoms with E-state index >= 15 is 0 Å². The molecule has 2 heterocycles. The molecule has 1 aromatic heterocycles. The van der Waals surface area contributed by atoms with Crippen LogP contribution in [-0.4, -0.2) is 58.3 Å². The predicted molar refractivity (Wildman–Crippen MR) is 110 cm³/mol. The molecule has 0 saturated carbocycles. The molecule has 4 rings (SSSR count). The van der Waals surface area contributed by atoms with Gasteiger partial charge in [-0.2, -0.15) is 0 Å². The van der Waals surface area contributed by atoms with Crippen molar-refractivity contribution in [3.05, 3.63) is 65.7 Å². The number of aliphatic hydroxyl groups is 3. The lowest BCUT2D eigenvalue weighted by atomic mass is 9.92. The molecule has 156 valence electrons. The van der Waals surface area contributed by atoms with Crippen molar-refractivity contribution in [3.8, 4) is 11.3 Å². The molecule has 0 aliphatic carbocycles. The van der Waals surface area contributed by atoms with Gasteiger partial charge in [0.25, 0.3) is 0 Å². The van der Waals surface area contributed by atoms with Gasteiger partial charge in [0.15, 0.2) is 0 Å². The van der Waals surface area contributed by atoms with Crippen molar-refractivity contribution in [2.24, 2.45) is 0 Å². The van der Waals surface area contributed by atoms with Crippen LogP contribution < -0.4 is 0 Å². The van der Waals surface area contributed by atoms with Crippen molar-refractivity contribution in [1.82, 2.24) is 4.98 Å². The molecule has 7 nitrogen and oxygen atoms in total. The maximum atomic E-state index is 11.7. The topological polar surface area (TPSA) is 109 Å². The average molecular weight is 409 g/mol. The number of nitrogens with zero attached hydrogens (tertiary/aromatic N) is 1. The average Bonchev–Trinajstić information content (AvgIpc) is 2.79. The molecule has 1 fully saturated rings. The lowest BCUT2D eigenvalue weighted by Crippen LogP contribution is -2.44. The molecule has 3 aromatic rings. The van der Waals surface area contributed by atoms with E-state index < -0.39 is 30.4 Å². The highest BCUT2D eigenvalue weighted by molar-refractivity contribution is 5.94. The number of ether oxygens (including phenoxy) is 2. The Bertz CT molecular complexity index is 1070. The molecule has 7 heteroatoms. The second-order valence-electron chi connectivity index (χ2n) is 7.38. The summed E-state index contributed by atoms with van der Waals surface area (Å²) in [7, 11) is 1.34. The van der Waals surface area contributed by atoms with Crippen molar-refractivity contribution in [2.45, 2.75) is 30.8 Å². The van der Waals surface area contributed by atoms with E-state index in [1.807, 2.05) is 36.4 Å². The fourth-order valence-electron chi connectivity index (χ4n) is 3.75. The second-order valence-corrected chi connectivity index (χ2v) is 7.38. The van der Waals surface area contributed by atoms with Gasteiger partial charge in [0, 0.05) is 17.4 Å². The SMILES string of the molecule is COC(=O)c1ccc2nc(-c3cccc([C@H]4OC(CO)CC(O)C4O)c3)ccc2c1. The number of aromatic nitrogens is 1. The summed E-state index contributed by atoms with van der Waals surface area (Å²) in [5.41, 5.74) is 3.43. The molecule has 4 atom stereocenters. The number of carbonyl (C=O) groups excluding carboxylic acids is 1. The molecule has 3 unspecified atom stereocenters. The van der Waals surface area contributed by atoms with Crippen LogP contribution in [-0.2, 0) is 9.47 Å². The minimum Gasteiger partial charge on any atom is -0.465 e. The Balaban J connectivity index is 1.66. The van der Waals surface area contributed by atoms with Gasteiger partial charge < -0.3 is 24.8 Å². The zero-order valence-electron chi connectivity index (χ0n) is 16.4. The molecule has 0 radical (unpaired) electrons. The molecular weight excluding hydrogens is 386 g/mol. The first-order chi connectivity index (χ1) is 14.5. The van der Waals surface area contributed by atoms with Crippen molar-refractivity contribution >= 4 is 16.9 Å². The maximum Gasteiger partial charge on any atom is 0.337 e. The van der Waals surface area contributed by atoms with Crippen LogP contribution in [0.3, 0.4) is 0 Å². The second kappa shape index (κ2) is 8.49. The van der Waals surface area contributed by atoms with Crippen LogP contribution >= 0.6 is 0 Å². The fraction of sp³-hybridized carbons (Fsp3) is 0.304. The Morgan fingerprint density at radius 1 is 1.17 bits per heavy atom. The molecule has 0 bridgehead atoms. The highest BCUT2D eigenvalue weighted by Gasteiger charge is 2.37. The van der Waals surface area contributed by atoms with Crippen LogP contribution in [0.25, 0.3) is 22.2 Å². The van der Waals surface area contributed by atoms with E-state index in [0.717, 1.165) is 22.2 Å². The number of hydrogen-bond donors (Lipinski definition) is 3. The van der Waals surface area contributed by atoms with Crippen LogP contribution in [0.5, 0.6) is 0 Å². The smallest absolute Gasteiger partial charge is 0.337 e. The normalized spacial score (nSPS) is 24.0. The minimum absolute atomic E-state index is 0.188. The molecule has 1 aliphatic heterocycles. The summed E-state index contributed by atoms with van der Waals surface area (Å²) in [5, 5.41) is 30.7. The molecule has 1 aliphatic rings. The monoisotopic (exact) mass is 409 g/mol. The standard InChI is InChI=1S/C23H23NO6/c1-29-23(28)16-6-8-19-14(10-16)5-7-18(24-19)13-3-2-4-15(9-13)22-21(27)20(26)11-17(12-25)30-22/h2-10,17,20-22,25-27H,11-12H2,1H3/t17?,20?,21?,22-/m1/s1. The van der Waals surface area contributed by atoms with Gasteiger partial charge in [-0.15, -0.1) is 0 Å². The number of hydrogen-bond acceptors (Lipinski definition) is 7. The van der Waals surface area contributed by atoms with E-state index in [2.05, 4.69) is 4.98 Å². The van der Waals surface area contributed by atoms with E-state index in [1.54, 1.807) is 18.2 Å². The first kappa shape index (κ1) is 20.4. The third-order valence-electron chi connectivity index (χ3n) is 5.37. The zero-order valence-corrected chi connectivity index (χ0v) is 16.4. The number of fused-ring (bicyclic) bond motifs is 1. The Hall–Kier alpha value is -2.84. The fourth-order valence-corrected chi connectivity index (χ4v) is 3.75. The highest BCUT2D eigenvalue weighted by atomic mass is 16.5. The van der Waals surface area contributed by atoms with Crippen molar-refractivity contribution < 1.29 is 29.6 Å². The summed E-state index contributed by atoms with van der Waals surface area (Å²) in [4.78, 5) is 16.4. The lowest BCUT2D eigenvalue weighted by Gasteiger charge is -2.36. The third kappa shape index (κ3) is 3.93. The van der Waals surface area contributed by atoms with Crippen molar-refractivity contribution in [1.29, 1.82) is 0 Å². The number of esters is 1. The Morgan fingerprint density at radius 2 is 2.00 bits per heavy atom. The van der Waals surface area contributed by atoms with Crippen molar-refractivity contribution in [3.63, 3.8) is 0 Å². The Labute approximate surface area is 173 Å². The van der Waals surface area contributed by atoms with Gasteiger partial charge in [0.05, 0.1) is 42.7 Å². The highest BCUT2D eigenvalue weighted by Crippen LogP contribution is 2.34. The molecule has 1 saturated heterocycles. The lowest BCUT2D eigenvalue weighted by molar-refractivity contribution is -0.179. The predicted octanol–water partition coefficient (Wildman–Crippen LogP) is 2.23. The number of carbonyl (C=O) groups is 1. The minimum atomic E-state index is -1.08. The van der Waals surface area contributed by atoms with Crippen LogP contribution in [0.2, 0.25) is 0 Å². The van der Waals surface area contributed by atoms with E-state index in [9.17, 15) is 20.1 Å². The Kier molecular flexibility index (Phi) is 5.78. The number of aliphatic hydroxyl groups excluding tert-OH is 3.